The van der Waals surface area contributed by atoms with Crippen LogP contribution in [0.15, 0.2) is 97.3 Å². The number of carbonyl (C=O) groups excluding carboxylic acids is 2. The Morgan fingerprint density at radius 1 is 0.806 bits per heavy atom. The second kappa shape index (κ2) is 10.5. The van der Waals surface area contributed by atoms with E-state index in [1.807, 2.05) is 89.6 Å². The lowest BCUT2D eigenvalue weighted by Gasteiger charge is -2.09. The molecular formula is C30H27N3O3. The molecule has 0 amide bonds. The Hall–Kier alpha value is -4.42. The summed E-state index contributed by atoms with van der Waals surface area (Å²) in [7, 11) is 0. The Bertz CT molecular complexity index is 1480. The van der Waals surface area contributed by atoms with E-state index < -0.39 is 0 Å². The molecule has 2 heterocycles. The average Bonchev–Trinajstić information content (AvgIpc) is 3.57. The number of benzene rings is 3. The molecule has 0 saturated heterocycles. The van der Waals surface area contributed by atoms with Gasteiger partial charge in [-0.3, -0.25) is 9.59 Å². The average molecular weight is 478 g/mol. The van der Waals surface area contributed by atoms with Crippen LogP contribution in [0.3, 0.4) is 0 Å². The zero-order chi connectivity index (χ0) is 24.9. The maximum Gasteiger partial charge on any atom is 0.183 e. The first kappa shape index (κ1) is 23.3. The molecule has 0 aliphatic heterocycles. The number of aromatic nitrogens is 2. The highest BCUT2D eigenvalue weighted by Gasteiger charge is 2.11. The van der Waals surface area contributed by atoms with Gasteiger partial charge in [0.2, 0.25) is 0 Å². The fourth-order valence-electron chi connectivity index (χ4n) is 4.31. The number of nitrogens with zero attached hydrogens (tertiary/aromatic N) is 1. The van der Waals surface area contributed by atoms with Crippen LogP contribution >= 0.6 is 0 Å². The van der Waals surface area contributed by atoms with Gasteiger partial charge in [0.15, 0.2) is 11.6 Å². The number of aliphatic hydroxyl groups excluding tert-OH is 1. The summed E-state index contributed by atoms with van der Waals surface area (Å²) in [6, 6.07) is 26.9. The molecule has 0 unspecified atom stereocenters. The lowest BCUT2D eigenvalue weighted by atomic mass is 10.0. The highest BCUT2D eigenvalue weighted by Crippen LogP contribution is 2.21. The number of fused-ring (bicyclic) bond motifs is 1. The third kappa shape index (κ3) is 5.29. The van der Waals surface area contributed by atoms with Crippen LogP contribution in [-0.4, -0.2) is 32.8 Å². The molecule has 0 bridgehead atoms. The first-order chi connectivity index (χ1) is 17.6. The molecule has 36 heavy (non-hydrogen) atoms. The molecule has 3 N–H and O–H groups in total. The van der Waals surface area contributed by atoms with Crippen molar-refractivity contribution < 1.29 is 14.7 Å². The largest absolute Gasteiger partial charge is 0.395 e. The van der Waals surface area contributed by atoms with Crippen molar-refractivity contribution in [1.29, 1.82) is 0 Å². The standard InChI is InChI=1S/C30H27N3O3/c34-17-16-33-15-13-23-7-8-24(20-28(23)33)29(35)18-21-3-9-25(10-4-21)32-26-11-5-22(6-12-26)19-30(36)27-2-1-14-31-27/h1-15,20,31-32,34H,16-19H2. The number of aliphatic hydroxyl groups is 1. The summed E-state index contributed by atoms with van der Waals surface area (Å²) >= 11 is 0. The van der Waals surface area contributed by atoms with E-state index in [1.165, 1.54) is 0 Å². The van der Waals surface area contributed by atoms with Crippen LogP contribution in [0.5, 0.6) is 0 Å². The number of aromatic amines is 1. The molecule has 180 valence electrons. The molecule has 5 rings (SSSR count). The van der Waals surface area contributed by atoms with Gasteiger partial charge in [0.25, 0.3) is 0 Å². The summed E-state index contributed by atoms with van der Waals surface area (Å²) in [6.07, 6.45) is 4.34. The van der Waals surface area contributed by atoms with E-state index in [1.54, 1.807) is 12.3 Å². The van der Waals surface area contributed by atoms with Crippen molar-refractivity contribution in [3.05, 3.63) is 120 Å². The number of hydrogen-bond acceptors (Lipinski definition) is 4. The van der Waals surface area contributed by atoms with Crippen LogP contribution < -0.4 is 5.32 Å². The van der Waals surface area contributed by atoms with Crippen LogP contribution in [0.4, 0.5) is 11.4 Å². The summed E-state index contributed by atoms with van der Waals surface area (Å²) in [5.41, 5.74) is 5.98. The summed E-state index contributed by atoms with van der Waals surface area (Å²) in [6.45, 7) is 0.560. The van der Waals surface area contributed by atoms with E-state index in [0.717, 1.165) is 33.4 Å². The van der Waals surface area contributed by atoms with Crippen molar-refractivity contribution in [1.82, 2.24) is 9.55 Å². The summed E-state index contributed by atoms with van der Waals surface area (Å²) in [5, 5.41) is 13.7. The second-order valence-corrected chi connectivity index (χ2v) is 8.81. The van der Waals surface area contributed by atoms with Gasteiger partial charge in [-0.05, 0) is 65.0 Å². The van der Waals surface area contributed by atoms with E-state index >= 15 is 0 Å². The van der Waals surface area contributed by atoms with Gasteiger partial charge in [-0.15, -0.1) is 0 Å². The molecular weight excluding hydrogens is 450 g/mol. The molecule has 0 fully saturated rings. The monoisotopic (exact) mass is 477 g/mol. The van der Waals surface area contributed by atoms with Crippen molar-refractivity contribution >= 4 is 33.8 Å². The number of rotatable bonds is 10. The van der Waals surface area contributed by atoms with Crippen LogP contribution in [0.2, 0.25) is 0 Å². The molecule has 6 heteroatoms. The van der Waals surface area contributed by atoms with E-state index in [4.69, 9.17) is 0 Å². The van der Waals surface area contributed by atoms with E-state index in [2.05, 4.69) is 10.3 Å². The van der Waals surface area contributed by atoms with Crippen LogP contribution in [0, 0.1) is 0 Å². The van der Waals surface area contributed by atoms with Gasteiger partial charge in [0.05, 0.1) is 12.3 Å². The first-order valence-corrected chi connectivity index (χ1v) is 11.9. The molecule has 0 atom stereocenters. The lowest BCUT2D eigenvalue weighted by molar-refractivity contribution is 0.0982. The number of anilines is 2. The van der Waals surface area contributed by atoms with Crippen molar-refractivity contribution in [2.45, 2.75) is 19.4 Å². The van der Waals surface area contributed by atoms with E-state index in [0.29, 0.717) is 30.6 Å². The highest BCUT2D eigenvalue weighted by molar-refractivity contribution is 6.00. The van der Waals surface area contributed by atoms with Crippen molar-refractivity contribution in [2.24, 2.45) is 0 Å². The molecule has 0 aliphatic carbocycles. The maximum absolute atomic E-state index is 12.9. The SMILES string of the molecule is O=C(Cc1ccc(Nc2ccc(CC(=O)c3ccc[nH]3)cc2)cc1)c1ccc2ccn(CCO)c2c1. The van der Waals surface area contributed by atoms with E-state index in [9.17, 15) is 14.7 Å². The van der Waals surface area contributed by atoms with Crippen molar-refractivity contribution in [3.8, 4) is 0 Å². The van der Waals surface area contributed by atoms with Crippen molar-refractivity contribution in [2.75, 3.05) is 11.9 Å². The number of hydrogen-bond donors (Lipinski definition) is 3. The molecule has 6 nitrogen and oxygen atoms in total. The molecule has 3 aromatic carbocycles. The smallest absolute Gasteiger partial charge is 0.183 e. The minimum atomic E-state index is 0.0545. The second-order valence-electron chi connectivity index (χ2n) is 8.81. The third-order valence-corrected chi connectivity index (χ3v) is 6.26. The van der Waals surface area contributed by atoms with Gasteiger partial charge in [-0.2, -0.15) is 0 Å². The van der Waals surface area contributed by atoms with Gasteiger partial charge in [-0.1, -0.05) is 36.4 Å². The predicted molar refractivity (Wildman–Crippen MR) is 142 cm³/mol. The predicted octanol–water partition coefficient (Wildman–Crippen LogP) is 5.56. The molecule has 0 radical (unpaired) electrons. The Kier molecular flexibility index (Phi) is 6.78. The van der Waals surface area contributed by atoms with Gasteiger partial charge in [-0.25, -0.2) is 0 Å². The number of H-pyrrole nitrogens is 1. The third-order valence-electron chi connectivity index (χ3n) is 6.26. The molecule has 5 aromatic rings. The topological polar surface area (TPSA) is 87.1 Å². The van der Waals surface area contributed by atoms with Crippen LogP contribution in [0.1, 0.15) is 32.0 Å². The van der Waals surface area contributed by atoms with Gasteiger partial charge in [0, 0.05) is 54.2 Å². The van der Waals surface area contributed by atoms with Gasteiger partial charge >= 0.3 is 0 Å². The van der Waals surface area contributed by atoms with E-state index in [-0.39, 0.29) is 18.2 Å². The Morgan fingerprint density at radius 2 is 1.47 bits per heavy atom. The molecule has 0 saturated carbocycles. The summed E-state index contributed by atoms with van der Waals surface area (Å²) in [4.78, 5) is 28.1. The lowest BCUT2D eigenvalue weighted by Crippen LogP contribution is -2.05. The number of nitrogens with one attached hydrogen (secondary N) is 2. The summed E-state index contributed by atoms with van der Waals surface area (Å²) < 4.78 is 1.96. The Labute approximate surface area is 209 Å². The number of ketones is 2. The Balaban J connectivity index is 1.19. The summed E-state index contributed by atoms with van der Waals surface area (Å²) in [5.74, 6) is 0.115. The molecule has 2 aromatic heterocycles. The fraction of sp³-hybridized carbons (Fsp3) is 0.133. The van der Waals surface area contributed by atoms with Crippen LogP contribution in [0.25, 0.3) is 10.9 Å². The minimum absolute atomic E-state index is 0.0545. The minimum Gasteiger partial charge on any atom is -0.395 e. The number of carbonyl (C=O) groups is 2. The Morgan fingerprint density at radius 3 is 2.08 bits per heavy atom. The number of Topliss-reactive ketones (excluding diaryl/α,β-unsaturated/α-hetero) is 2. The molecule has 0 spiro atoms. The van der Waals surface area contributed by atoms with Crippen molar-refractivity contribution in [3.63, 3.8) is 0 Å². The molecule has 0 aliphatic rings. The van der Waals surface area contributed by atoms with Gasteiger partial charge in [0.1, 0.15) is 0 Å². The maximum atomic E-state index is 12.9. The zero-order valence-electron chi connectivity index (χ0n) is 19.8. The fourth-order valence-corrected chi connectivity index (χ4v) is 4.31. The van der Waals surface area contributed by atoms with Gasteiger partial charge < -0.3 is 20.0 Å². The highest BCUT2D eigenvalue weighted by atomic mass is 16.3. The zero-order valence-corrected chi connectivity index (χ0v) is 19.8. The normalized spacial score (nSPS) is 11.0. The quantitative estimate of drug-likeness (QED) is 0.230. The first-order valence-electron chi connectivity index (χ1n) is 11.9. The van der Waals surface area contributed by atoms with Crippen LogP contribution in [-0.2, 0) is 19.4 Å².